The van der Waals surface area contributed by atoms with Gasteiger partial charge >= 0.3 is 0 Å². The second-order valence-corrected chi connectivity index (χ2v) is 13.4. The van der Waals surface area contributed by atoms with Crippen molar-refractivity contribution in [1.82, 2.24) is 10.3 Å². The van der Waals surface area contributed by atoms with Gasteiger partial charge in [-0.05, 0) is 96.1 Å². The van der Waals surface area contributed by atoms with Gasteiger partial charge in [-0.2, -0.15) is 0 Å². The summed E-state index contributed by atoms with van der Waals surface area (Å²) >= 11 is 7.76. The number of hydrogen-bond acceptors (Lipinski definition) is 6. The van der Waals surface area contributed by atoms with Gasteiger partial charge in [0.15, 0.2) is 5.58 Å². The minimum atomic E-state index is -0.577. The predicted octanol–water partition coefficient (Wildman–Crippen LogP) is 10.0. The Morgan fingerprint density at radius 1 is 0.679 bits per heavy atom. The topological polar surface area (TPSA) is 113 Å². The van der Waals surface area contributed by atoms with Gasteiger partial charge in [-0.3, -0.25) is 14.4 Å². The number of rotatable bonds is 11. The number of amides is 3. The maximum Gasteiger partial charge on any atom is 0.272 e. The summed E-state index contributed by atoms with van der Waals surface area (Å²) in [6.07, 6.45) is 1.54. The highest BCUT2D eigenvalue weighted by Gasteiger charge is 2.23. The highest BCUT2D eigenvalue weighted by atomic mass is 35.5. The Kier molecular flexibility index (Phi) is 10.8. The summed E-state index contributed by atoms with van der Waals surface area (Å²) in [5, 5.41) is 8.50. The van der Waals surface area contributed by atoms with Crippen molar-refractivity contribution >= 4 is 69.6 Å². The van der Waals surface area contributed by atoms with Crippen LogP contribution in [0, 0.1) is 0 Å². The molecule has 8 nitrogen and oxygen atoms in total. The second-order valence-electron chi connectivity index (χ2n) is 11.8. The van der Waals surface area contributed by atoms with E-state index in [2.05, 4.69) is 20.9 Å². The summed E-state index contributed by atoms with van der Waals surface area (Å²) in [5.74, 6) is -0.656. The number of carbonyl (C=O) groups is 3. The van der Waals surface area contributed by atoms with Gasteiger partial charge in [0.1, 0.15) is 16.5 Å². The van der Waals surface area contributed by atoms with E-state index in [0.29, 0.717) is 39.0 Å². The lowest BCUT2D eigenvalue weighted by Crippen LogP contribution is -2.30. The van der Waals surface area contributed by atoms with E-state index in [-0.39, 0.29) is 11.6 Å². The molecule has 0 radical (unpaired) electrons. The van der Waals surface area contributed by atoms with E-state index in [1.165, 1.54) is 17.8 Å². The molecule has 0 bridgehead atoms. The highest BCUT2D eigenvalue weighted by molar-refractivity contribution is 8.00. The molecule has 1 atom stereocenters. The molecule has 1 aromatic heterocycles. The molecule has 1 heterocycles. The Hall–Kier alpha value is -6.42. The molecular formula is C43H31ClN4O4S. The number of oxazole rings is 1. The van der Waals surface area contributed by atoms with E-state index in [1.54, 1.807) is 60.7 Å². The molecule has 3 N–H and O–H groups in total. The first-order chi connectivity index (χ1) is 25.9. The molecule has 0 saturated heterocycles. The molecule has 0 saturated carbocycles. The lowest BCUT2D eigenvalue weighted by atomic mass is 10.1. The van der Waals surface area contributed by atoms with E-state index in [1.807, 2.05) is 97.1 Å². The number of aromatic nitrogens is 1. The zero-order chi connectivity index (χ0) is 36.6. The standard InChI is InChI=1S/C43H31ClN4O4S/c44-35-16-8-7-15-31(35)27-37(47-40(49)29-13-5-2-6-14-29)41(50)45-33-23-25-34(26-24-33)53-39(28-11-3-1-4-12-28)42(51)46-32-21-19-30(20-22-32)43-48-36-17-9-10-18-38(36)52-43/h1-27,39H,(H,45,50)(H,46,51)(H,47,49)/b37-27-. The molecule has 3 amide bonds. The van der Waals surface area contributed by atoms with Crippen molar-refractivity contribution in [3.63, 3.8) is 0 Å². The number of benzene rings is 6. The average Bonchev–Trinajstić information content (AvgIpc) is 3.63. The third-order valence-electron chi connectivity index (χ3n) is 8.13. The summed E-state index contributed by atoms with van der Waals surface area (Å²) in [6.45, 7) is 0. The van der Waals surface area contributed by atoms with E-state index < -0.39 is 17.1 Å². The summed E-state index contributed by atoms with van der Waals surface area (Å²) in [5.41, 5.74) is 5.25. The fourth-order valence-electron chi connectivity index (χ4n) is 5.44. The first-order valence-corrected chi connectivity index (χ1v) is 17.9. The molecule has 0 spiro atoms. The quantitative estimate of drug-likeness (QED) is 0.0901. The summed E-state index contributed by atoms with van der Waals surface area (Å²) in [6, 6.07) is 47.3. The number of hydrogen-bond donors (Lipinski definition) is 3. The van der Waals surface area contributed by atoms with Crippen LogP contribution in [-0.4, -0.2) is 22.7 Å². The van der Waals surface area contributed by atoms with E-state index in [4.69, 9.17) is 16.0 Å². The Morgan fingerprint density at radius 2 is 1.30 bits per heavy atom. The van der Waals surface area contributed by atoms with Gasteiger partial charge < -0.3 is 20.4 Å². The van der Waals surface area contributed by atoms with Gasteiger partial charge in [0.2, 0.25) is 11.8 Å². The number of halogens is 1. The lowest BCUT2D eigenvalue weighted by molar-refractivity contribution is -0.116. The third-order valence-corrected chi connectivity index (χ3v) is 9.74. The number of fused-ring (bicyclic) bond motifs is 1. The van der Waals surface area contributed by atoms with Crippen LogP contribution < -0.4 is 16.0 Å². The number of carbonyl (C=O) groups excluding carboxylic acids is 3. The van der Waals surface area contributed by atoms with Crippen molar-refractivity contribution in [3.8, 4) is 11.5 Å². The van der Waals surface area contributed by atoms with Crippen LogP contribution in [0.2, 0.25) is 5.02 Å². The SMILES string of the molecule is O=C(Nc1ccc(SC(C(=O)Nc2ccc(-c3nc4ccccc4o3)cc2)c2ccccc2)cc1)/C(=C/c1ccccc1Cl)NC(=O)c1ccccc1. The van der Waals surface area contributed by atoms with Crippen molar-refractivity contribution in [2.45, 2.75) is 10.1 Å². The van der Waals surface area contributed by atoms with Crippen LogP contribution >= 0.6 is 23.4 Å². The second kappa shape index (κ2) is 16.3. The first-order valence-electron chi connectivity index (χ1n) is 16.6. The van der Waals surface area contributed by atoms with E-state index >= 15 is 0 Å². The van der Waals surface area contributed by atoms with Crippen molar-refractivity contribution in [1.29, 1.82) is 0 Å². The van der Waals surface area contributed by atoms with Crippen molar-refractivity contribution in [2.24, 2.45) is 0 Å². The third kappa shape index (κ3) is 8.73. The monoisotopic (exact) mass is 734 g/mol. The normalized spacial score (nSPS) is 11.8. The molecule has 10 heteroatoms. The van der Waals surface area contributed by atoms with Gasteiger partial charge in [-0.25, -0.2) is 4.98 Å². The van der Waals surface area contributed by atoms with Crippen LogP contribution in [0.1, 0.15) is 26.7 Å². The minimum absolute atomic E-state index is 0.0214. The highest BCUT2D eigenvalue weighted by Crippen LogP contribution is 2.37. The molecule has 53 heavy (non-hydrogen) atoms. The lowest BCUT2D eigenvalue weighted by Gasteiger charge is -2.18. The Balaban J connectivity index is 1.05. The molecular weight excluding hydrogens is 704 g/mol. The molecule has 0 aliphatic carbocycles. The zero-order valence-corrected chi connectivity index (χ0v) is 29.6. The largest absolute Gasteiger partial charge is 0.436 e. The molecule has 0 fully saturated rings. The Bertz CT molecular complexity index is 2380. The van der Waals surface area contributed by atoms with Gasteiger partial charge in [0.25, 0.3) is 11.8 Å². The maximum absolute atomic E-state index is 13.8. The fourth-order valence-corrected chi connectivity index (χ4v) is 6.66. The molecule has 0 aliphatic heterocycles. The van der Waals surface area contributed by atoms with Crippen LogP contribution in [0.25, 0.3) is 28.6 Å². The van der Waals surface area contributed by atoms with Crippen LogP contribution in [0.5, 0.6) is 0 Å². The molecule has 1 unspecified atom stereocenters. The molecule has 7 rings (SSSR count). The van der Waals surface area contributed by atoms with Crippen LogP contribution in [0.15, 0.2) is 173 Å². The number of para-hydroxylation sites is 2. The maximum atomic E-state index is 13.8. The number of thioether (sulfide) groups is 1. The number of anilines is 2. The smallest absolute Gasteiger partial charge is 0.272 e. The van der Waals surface area contributed by atoms with Crippen molar-refractivity contribution in [3.05, 3.63) is 185 Å². The zero-order valence-electron chi connectivity index (χ0n) is 28.0. The molecule has 0 aliphatic rings. The number of nitrogens with zero attached hydrogens (tertiary/aromatic N) is 1. The molecule has 7 aromatic rings. The first kappa shape index (κ1) is 35.0. The van der Waals surface area contributed by atoms with Gasteiger partial charge in [0, 0.05) is 32.4 Å². The summed E-state index contributed by atoms with van der Waals surface area (Å²) < 4.78 is 5.89. The summed E-state index contributed by atoms with van der Waals surface area (Å²) in [7, 11) is 0. The average molecular weight is 735 g/mol. The van der Waals surface area contributed by atoms with Crippen LogP contribution in [-0.2, 0) is 9.59 Å². The van der Waals surface area contributed by atoms with Crippen LogP contribution in [0.4, 0.5) is 11.4 Å². The molecule has 260 valence electrons. The van der Waals surface area contributed by atoms with Crippen LogP contribution in [0.3, 0.4) is 0 Å². The molecule has 6 aromatic carbocycles. The number of nitrogens with one attached hydrogen (secondary N) is 3. The Morgan fingerprint density at radius 3 is 2.02 bits per heavy atom. The van der Waals surface area contributed by atoms with Gasteiger partial charge in [-0.15, -0.1) is 11.8 Å². The van der Waals surface area contributed by atoms with Gasteiger partial charge in [0.05, 0.1) is 0 Å². The van der Waals surface area contributed by atoms with E-state index in [0.717, 1.165) is 21.5 Å². The summed E-state index contributed by atoms with van der Waals surface area (Å²) in [4.78, 5) is 45.7. The van der Waals surface area contributed by atoms with Gasteiger partial charge in [-0.1, -0.05) is 90.5 Å². The Labute approximate surface area is 314 Å². The fraction of sp³-hybridized carbons (Fsp3) is 0.0233. The minimum Gasteiger partial charge on any atom is -0.436 e. The van der Waals surface area contributed by atoms with Crippen molar-refractivity contribution < 1.29 is 18.8 Å². The van der Waals surface area contributed by atoms with E-state index in [9.17, 15) is 14.4 Å². The predicted molar refractivity (Wildman–Crippen MR) is 212 cm³/mol. The van der Waals surface area contributed by atoms with Crippen molar-refractivity contribution in [2.75, 3.05) is 10.6 Å².